The van der Waals surface area contributed by atoms with Crippen LogP contribution >= 0.6 is 0 Å². The number of nitrogens with one attached hydrogen (secondary N) is 1. The predicted molar refractivity (Wildman–Crippen MR) is 71.8 cm³/mol. The van der Waals surface area contributed by atoms with Crippen molar-refractivity contribution in [1.82, 2.24) is 14.9 Å². The van der Waals surface area contributed by atoms with Crippen molar-refractivity contribution >= 4 is 0 Å². The van der Waals surface area contributed by atoms with Crippen LogP contribution in [0.1, 0.15) is 18.5 Å². The molecule has 2 rings (SSSR count). The van der Waals surface area contributed by atoms with Gasteiger partial charge in [-0.15, -0.1) is 13.2 Å². The van der Waals surface area contributed by atoms with Crippen LogP contribution < -0.4 is 10.1 Å². The van der Waals surface area contributed by atoms with Gasteiger partial charge in [0, 0.05) is 31.5 Å². The fourth-order valence-corrected chi connectivity index (χ4v) is 1.91. The summed E-state index contributed by atoms with van der Waals surface area (Å²) in [5.74, 6) is -0.211. The lowest BCUT2D eigenvalue weighted by molar-refractivity contribution is -0.274. The van der Waals surface area contributed by atoms with E-state index >= 15 is 0 Å². The molecule has 1 heterocycles. The van der Waals surface area contributed by atoms with Gasteiger partial charge in [0.15, 0.2) is 0 Å². The Hall–Kier alpha value is -2.02. The first-order valence-electron chi connectivity index (χ1n) is 6.49. The Morgan fingerprint density at radius 2 is 2.00 bits per heavy atom. The molecule has 0 amide bonds. The van der Waals surface area contributed by atoms with Gasteiger partial charge in [0.25, 0.3) is 0 Å². The molecule has 1 aromatic heterocycles. The number of rotatable bonds is 6. The molecule has 0 aliphatic carbocycles. The van der Waals surface area contributed by atoms with Crippen LogP contribution in [0, 0.1) is 0 Å². The molecule has 21 heavy (non-hydrogen) atoms. The number of imidazole rings is 1. The van der Waals surface area contributed by atoms with Crippen molar-refractivity contribution in [2.24, 2.45) is 0 Å². The molecule has 1 aromatic carbocycles. The smallest absolute Gasteiger partial charge is 0.406 e. The monoisotopic (exact) mass is 299 g/mol. The molecule has 0 fully saturated rings. The maximum atomic E-state index is 12.1. The van der Waals surface area contributed by atoms with E-state index in [-0.39, 0.29) is 11.8 Å². The van der Waals surface area contributed by atoms with E-state index in [0.29, 0.717) is 0 Å². The van der Waals surface area contributed by atoms with Crippen molar-refractivity contribution in [3.8, 4) is 5.75 Å². The summed E-state index contributed by atoms with van der Waals surface area (Å²) in [6.07, 6.45) is 0.657. The molecule has 0 saturated heterocycles. The van der Waals surface area contributed by atoms with Crippen LogP contribution in [-0.4, -0.2) is 22.5 Å². The maximum Gasteiger partial charge on any atom is 0.573 e. The lowest BCUT2D eigenvalue weighted by Crippen LogP contribution is -2.23. The average molecular weight is 299 g/mol. The molecule has 0 bridgehead atoms. The number of ether oxygens (including phenoxy) is 1. The Labute approximate surface area is 120 Å². The summed E-state index contributed by atoms with van der Waals surface area (Å²) in [6, 6.07) is 5.91. The first kappa shape index (κ1) is 15.4. The van der Waals surface area contributed by atoms with Crippen LogP contribution in [0.2, 0.25) is 0 Å². The van der Waals surface area contributed by atoms with Gasteiger partial charge >= 0.3 is 6.36 Å². The Kier molecular flexibility index (Phi) is 4.85. The average Bonchev–Trinajstić information content (AvgIpc) is 2.91. The zero-order valence-electron chi connectivity index (χ0n) is 11.5. The number of halogens is 3. The molecule has 0 spiro atoms. The molecule has 0 aliphatic rings. The second-order valence-corrected chi connectivity index (χ2v) is 4.59. The van der Waals surface area contributed by atoms with Crippen molar-refractivity contribution in [3.63, 3.8) is 0 Å². The second-order valence-electron chi connectivity index (χ2n) is 4.59. The molecule has 1 N–H and O–H groups in total. The molecule has 114 valence electrons. The minimum absolute atomic E-state index is 0.0356. The molecule has 2 aromatic rings. The fraction of sp³-hybridized carbons (Fsp3) is 0.357. The standard InChI is InChI=1S/C14H16F3N3O/c1-11(19-7-9-20-8-6-18-10-20)12-2-4-13(5-3-12)21-14(15,16)17/h2-6,8,10-11,19H,7,9H2,1H3. The first-order chi connectivity index (χ1) is 9.94. The zero-order valence-corrected chi connectivity index (χ0v) is 11.5. The van der Waals surface area contributed by atoms with Crippen molar-refractivity contribution in [2.45, 2.75) is 25.9 Å². The van der Waals surface area contributed by atoms with Crippen molar-refractivity contribution < 1.29 is 17.9 Å². The van der Waals surface area contributed by atoms with Crippen molar-refractivity contribution in [2.75, 3.05) is 6.54 Å². The van der Waals surface area contributed by atoms with Crippen LogP contribution in [0.15, 0.2) is 43.0 Å². The van der Waals surface area contributed by atoms with Gasteiger partial charge in [-0.05, 0) is 24.6 Å². The van der Waals surface area contributed by atoms with Gasteiger partial charge in [-0.1, -0.05) is 12.1 Å². The van der Waals surface area contributed by atoms with E-state index in [1.807, 2.05) is 17.7 Å². The Morgan fingerprint density at radius 3 is 2.57 bits per heavy atom. The van der Waals surface area contributed by atoms with Gasteiger partial charge in [-0.3, -0.25) is 0 Å². The van der Waals surface area contributed by atoms with Crippen LogP contribution in [0.25, 0.3) is 0 Å². The summed E-state index contributed by atoms with van der Waals surface area (Å²) < 4.78 is 42.0. The lowest BCUT2D eigenvalue weighted by Gasteiger charge is -2.15. The fourth-order valence-electron chi connectivity index (χ4n) is 1.91. The predicted octanol–water partition coefficient (Wildman–Crippen LogP) is 3.13. The second kappa shape index (κ2) is 6.62. The van der Waals surface area contributed by atoms with E-state index in [9.17, 15) is 13.2 Å². The molecular formula is C14H16F3N3O. The lowest BCUT2D eigenvalue weighted by atomic mass is 10.1. The maximum absolute atomic E-state index is 12.1. The normalized spacial score (nSPS) is 13.1. The SMILES string of the molecule is CC(NCCn1ccnc1)c1ccc(OC(F)(F)F)cc1. The molecule has 7 heteroatoms. The number of hydrogen-bond acceptors (Lipinski definition) is 3. The van der Waals surface area contributed by atoms with Gasteiger partial charge in [0.05, 0.1) is 6.33 Å². The van der Waals surface area contributed by atoms with Crippen LogP contribution in [-0.2, 0) is 6.54 Å². The van der Waals surface area contributed by atoms with Crippen molar-refractivity contribution in [3.05, 3.63) is 48.5 Å². The highest BCUT2D eigenvalue weighted by molar-refractivity contribution is 5.29. The summed E-state index contributed by atoms with van der Waals surface area (Å²) >= 11 is 0. The van der Waals surface area contributed by atoms with E-state index in [0.717, 1.165) is 18.7 Å². The van der Waals surface area contributed by atoms with E-state index in [1.54, 1.807) is 24.7 Å². The molecular weight excluding hydrogens is 283 g/mol. The van der Waals surface area contributed by atoms with Gasteiger partial charge in [-0.25, -0.2) is 4.98 Å². The Balaban J connectivity index is 1.83. The van der Waals surface area contributed by atoms with E-state index < -0.39 is 6.36 Å². The van der Waals surface area contributed by atoms with E-state index in [1.165, 1.54) is 12.1 Å². The highest BCUT2D eigenvalue weighted by Crippen LogP contribution is 2.24. The Bertz CT molecular complexity index is 538. The minimum atomic E-state index is -4.66. The summed E-state index contributed by atoms with van der Waals surface area (Å²) in [5, 5.41) is 3.29. The quantitative estimate of drug-likeness (QED) is 0.890. The molecule has 0 aliphatic heterocycles. The number of hydrogen-bond donors (Lipinski definition) is 1. The number of alkyl halides is 3. The molecule has 4 nitrogen and oxygen atoms in total. The number of benzene rings is 1. The zero-order chi connectivity index (χ0) is 15.3. The van der Waals surface area contributed by atoms with Crippen LogP contribution in [0.4, 0.5) is 13.2 Å². The van der Waals surface area contributed by atoms with Gasteiger partial charge in [-0.2, -0.15) is 0 Å². The third-order valence-electron chi connectivity index (χ3n) is 2.99. The van der Waals surface area contributed by atoms with Crippen molar-refractivity contribution in [1.29, 1.82) is 0 Å². The van der Waals surface area contributed by atoms with E-state index in [4.69, 9.17) is 0 Å². The highest BCUT2D eigenvalue weighted by atomic mass is 19.4. The van der Waals surface area contributed by atoms with Crippen LogP contribution in [0.3, 0.4) is 0 Å². The van der Waals surface area contributed by atoms with Gasteiger partial charge in [0.2, 0.25) is 0 Å². The third kappa shape index (κ3) is 5.11. The largest absolute Gasteiger partial charge is 0.573 e. The third-order valence-corrected chi connectivity index (χ3v) is 2.99. The van der Waals surface area contributed by atoms with Crippen LogP contribution in [0.5, 0.6) is 5.75 Å². The molecule has 1 unspecified atom stereocenters. The summed E-state index contributed by atoms with van der Waals surface area (Å²) in [4.78, 5) is 3.95. The van der Waals surface area contributed by atoms with Gasteiger partial charge in [0.1, 0.15) is 5.75 Å². The summed E-state index contributed by atoms with van der Waals surface area (Å²) in [5.41, 5.74) is 0.898. The Morgan fingerprint density at radius 1 is 1.29 bits per heavy atom. The summed E-state index contributed by atoms with van der Waals surface area (Å²) in [7, 11) is 0. The topological polar surface area (TPSA) is 39.1 Å². The number of nitrogens with zero attached hydrogens (tertiary/aromatic N) is 2. The highest BCUT2D eigenvalue weighted by Gasteiger charge is 2.30. The minimum Gasteiger partial charge on any atom is -0.406 e. The molecule has 0 radical (unpaired) electrons. The first-order valence-corrected chi connectivity index (χ1v) is 6.49. The summed E-state index contributed by atoms with van der Waals surface area (Å²) in [6.45, 7) is 3.46. The molecule has 1 atom stereocenters. The van der Waals surface area contributed by atoms with Gasteiger partial charge < -0.3 is 14.6 Å². The number of aromatic nitrogens is 2. The molecule has 0 saturated carbocycles. The van der Waals surface area contributed by atoms with E-state index in [2.05, 4.69) is 15.0 Å².